The van der Waals surface area contributed by atoms with Gasteiger partial charge in [-0.3, -0.25) is 14.5 Å². The standard InChI is InChI=1S/C31H40N4O3/c1-23-11-13-24(14-12-23)30(31(37)33-26-7-3-2-4-8-26)35(16-15-34-17-19-38-20-18-34)29(36)21-25-22-32-28-10-6-5-9-27(25)28/h5-6,9-14,22,26,30,32H,2-4,7-8,15-21H2,1H3,(H,33,37)/t30-/m0/s1. The number of ether oxygens (including phenoxy) is 1. The van der Waals surface area contributed by atoms with Crippen LogP contribution in [0.4, 0.5) is 0 Å². The van der Waals surface area contributed by atoms with Gasteiger partial charge in [0, 0.05) is 49.3 Å². The van der Waals surface area contributed by atoms with E-state index in [1.165, 1.54) is 6.42 Å². The van der Waals surface area contributed by atoms with Gasteiger partial charge in [-0.15, -0.1) is 0 Å². The summed E-state index contributed by atoms with van der Waals surface area (Å²) in [4.78, 5) is 35.5. The highest BCUT2D eigenvalue weighted by Crippen LogP contribution is 2.26. The second-order valence-electron chi connectivity index (χ2n) is 10.7. The van der Waals surface area contributed by atoms with Crippen molar-refractivity contribution >= 4 is 22.7 Å². The van der Waals surface area contributed by atoms with Crippen LogP contribution in [0.25, 0.3) is 10.9 Å². The van der Waals surface area contributed by atoms with Gasteiger partial charge in [0.15, 0.2) is 0 Å². The predicted octanol–water partition coefficient (Wildman–Crippen LogP) is 4.37. The van der Waals surface area contributed by atoms with Crippen molar-refractivity contribution in [3.05, 3.63) is 71.4 Å². The number of rotatable bonds is 9. The number of morpholine rings is 1. The summed E-state index contributed by atoms with van der Waals surface area (Å²) in [5, 5.41) is 4.37. The Morgan fingerprint density at radius 2 is 1.79 bits per heavy atom. The maximum absolute atomic E-state index is 14.1. The zero-order valence-corrected chi connectivity index (χ0v) is 22.5. The topological polar surface area (TPSA) is 77.7 Å². The normalized spacial score (nSPS) is 17.8. The summed E-state index contributed by atoms with van der Waals surface area (Å²) < 4.78 is 5.53. The highest BCUT2D eigenvalue weighted by atomic mass is 16.5. The molecule has 38 heavy (non-hydrogen) atoms. The molecule has 1 atom stereocenters. The van der Waals surface area contributed by atoms with Crippen LogP contribution in [0.5, 0.6) is 0 Å². The first-order valence-corrected chi connectivity index (χ1v) is 14.1. The van der Waals surface area contributed by atoms with Gasteiger partial charge in [-0.25, -0.2) is 0 Å². The maximum Gasteiger partial charge on any atom is 0.247 e. The molecule has 2 N–H and O–H groups in total. The highest BCUT2D eigenvalue weighted by molar-refractivity contribution is 5.92. The van der Waals surface area contributed by atoms with Crippen LogP contribution in [0.2, 0.25) is 0 Å². The second kappa shape index (κ2) is 12.6. The summed E-state index contributed by atoms with van der Waals surface area (Å²) in [6.07, 6.45) is 7.67. The lowest BCUT2D eigenvalue weighted by Crippen LogP contribution is -2.50. The summed E-state index contributed by atoms with van der Waals surface area (Å²) in [5.41, 5.74) is 3.96. The van der Waals surface area contributed by atoms with E-state index in [9.17, 15) is 9.59 Å². The number of fused-ring (bicyclic) bond motifs is 1. The van der Waals surface area contributed by atoms with Crippen molar-refractivity contribution < 1.29 is 14.3 Å². The Hall–Kier alpha value is -3.16. The lowest BCUT2D eigenvalue weighted by Gasteiger charge is -2.35. The highest BCUT2D eigenvalue weighted by Gasteiger charge is 2.33. The quantitative estimate of drug-likeness (QED) is 0.443. The van der Waals surface area contributed by atoms with Gasteiger partial charge < -0.3 is 19.9 Å². The van der Waals surface area contributed by atoms with E-state index >= 15 is 0 Å². The molecule has 7 nitrogen and oxygen atoms in total. The minimum atomic E-state index is -0.670. The molecule has 1 aliphatic carbocycles. The SMILES string of the molecule is Cc1ccc([C@@H](C(=O)NC2CCCCC2)N(CCN2CCOCC2)C(=O)Cc2c[nH]c3ccccc23)cc1. The Bertz CT molecular complexity index is 1210. The van der Waals surface area contributed by atoms with E-state index in [0.29, 0.717) is 26.3 Å². The van der Waals surface area contributed by atoms with Gasteiger partial charge >= 0.3 is 0 Å². The number of amides is 2. The Morgan fingerprint density at radius 3 is 2.55 bits per heavy atom. The Labute approximate surface area is 225 Å². The van der Waals surface area contributed by atoms with E-state index in [2.05, 4.69) is 15.2 Å². The number of nitrogens with one attached hydrogen (secondary N) is 2. The molecule has 2 aliphatic rings. The van der Waals surface area contributed by atoms with Crippen molar-refractivity contribution in [1.82, 2.24) is 20.1 Å². The summed E-state index contributed by atoms with van der Waals surface area (Å²) in [7, 11) is 0. The van der Waals surface area contributed by atoms with E-state index in [1.54, 1.807) is 0 Å². The number of aromatic nitrogens is 1. The van der Waals surface area contributed by atoms with Crippen LogP contribution < -0.4 is 5.32 Å². The predicted molar refractivity (Wildman–Crippen MR) is 150 cm³/mol. The molecule has 1 aromatic heterocycles. The fourth-order valence-electron chi connectivity index (χ4n) is 5.76. The van der Waals surface area contributed by atoms with Gasteiger partial charge in [0.2, 0.25) is 11.8 Å². The zero-order valence-electron chi connectivity index (χ0n) is 22.5. The van der Waals surface area contributed by atoms with Crippen molar-refractivity contribution in [1.29, 1.82) is 0 Å². The third kappa shape index (κ3) is 6.45. The molecule has 2 fully saturated rings. The molecule has 2 amide bonds. The minimum Gasteiger partial charge on any atom is -0.379 e. The monoisotopic (exact) mass is 516 g/mol. The number of para-hydroxylation sites is 1. The molecule has 0 unspecified atom stereocenters. The van der Waals surface area contributed by atoms with Crippen LogP contribution in [0.3, 0.4) is 0 Å². The lowest BCUT2D eigenvalue weighted by molar-refractivity contribution is -0.141. The summed E-state index contributed by atoms with van der Waals surface area (Å²) in [5.74, 6) is -0.109. The molecule has 0 bridgehead atoms. The van der Waals surface area contributed by atoms with Crippen molar-refractivity contribution in [3.63, 3.8) is 0 Å². The van der Waals surface area contributed by atoms with Crippen LogP contribution in [0.15, 0.2) is 54.7 Å². The fourth-order valence-corrected chi connectivity index (χ4v) is 5.76. The zero-order chi connectivity index (χ0) is 26.3. The van der Waals surface area contributed by atoms with E-state index in [1.807, 2.05) is 66.6 Å². The molecule has 0 spiro atoms. The number of carbonyl (C=O) groups excluding carboxylic acids is 2. The number of aryl methyl sites for hydroxylation is 1. The fraction of sp³-hybridized carbons (Fsp3) is 0.484. The molecule has 1 saturated carbocycles. The first kappa shape index (κ1) is 26.4. The Morgan fingerprint density at radius 1 is 1.05 bits per heavy atom. The van der Waals surface area contributed by atoms with Crippen LogP contribution in [-0.4, -0.2) is 72.0 Å². The number of benzene rings is 2. The second-order valence-corrected chi connectivity index (χ2v) is 10.7. The van der Waals surface area contributed by atoms with Crippen molar-refractivity contribution in [2.24, 2.45) is 0 Å². The molecule has 2 heterocycles. The largest absolute Gasteiger partial charge is 0.379 e. The summed E-state index contributed by atoms with van der Waals surface area (Å²) in [6.45, 7) is 6.32. The number of nitrogens with zero attached hydrogens (tertiary/aromatic N) is 2. The molecule has 0 radical (unpaired) electrons. The number of hydrogen-bond donors (Lipinski definition) is 2. The molecule has 2 aromatic carbocycles. The maximum atomic E-state index is 14.1. The van der Waals surface area contributed by atoms with Crippen LogP contribution in [0.1, 0.15) is 54.8 Å². The molecule has 1 saturated heterocycles. The molecular weight excluding hydrogens is 476 g/mol. The van der Waals surface area contributed by atoms with Crippen molar-refractivity contribution in [2.45, 2.75) is 57.5 Å². The lowest BCUT2D eigenvalue weighted by atomic mass is 9.94. The number of H-pyrrole nitrogens is 1. The average molecular weight is 517 g/mol. The molecule has 7 heteroatoms. The molecular formula is C31H40N4O3. The summed E-state index contributed by atoms with van der Waals surface area (Å²) in [6, 6.07) is 15.6. The van der Waals surface area contributed by atoms with Crippen LogP contribution in [0, 0.1) is 6.92 Å². The average Bonchev–Trinajstić information content (AvgIpc) is 3.35. The van der Waals surface area contributed by atoms with Crippen LogP contribution >= 0.6 is 0 Å². The molecule has 3 aromatic rings. The Balaban J connectivity index is 1.44. The van der Waals surface area contributed by atoms with Gasteiger partial charge in [-0.2, -0.15) is 0 Å². The van der Waals surface area contributed by atoms with Gasteiger partial charge in [0.05, 0.1) is 19.6 Å². The van der Waals surface area contributed by atoms with Gasteiger partial charge in [0.25, 0.3) is 0 Å². The molecule has 1 aliphatic heterocycles. The van der Waals surface area contributed by atoms with Crippen molar-refractivity contribution in [3.8, 4) is 0 Å². The smallest absolute Gasteiger partial charge is 0.247 e. The van der Waals surface area contributed by atoms with Gasteiger partial charge in [-0.1, -0.05) is 67.3 Å². The van der Waals surface area contributed by atoms with E-state index in [4.69, 9.17) is 4.74 Å². The first-order valence-electron chi connectivity index (χ1n) is 14.1. The number of hydrogen-bond acceptors (Lipinski definition) is 4. The Kier molecular flexibility index (Phi) is 8.76. The third-order valence-electron chi connectivity index (χ3n) is 8.00. The van der Waals surface area contributed by atoms with Crippen molar-refractivity contribution in [2.75, 3.05) is 39.4 Å². The van der Waals surface area contributed by atoms with E-state index in [-0.39, 0.29) is 24.3 Å². The van der Waals surface area contributed by atoms with E-state index in [0.717, 1.165) is 66.4 Å². The number of aromatic amines is 1. The van der Waals surface area contributed by atoms with Gasteiger partial charge in [-0.05, 0) is 37.0 Å². The number of carbonyl (C=O) groups is 2. The first-order chi connectivity index (χ1) is 18.6. The molecule has 5 rings (SSSR count). The van der Waals surface area contributed by atoms with Crippen LogP contribution in [-0.2, 0) is 20.7 Å². The third-order valence-corrected chi connectivity index (χ3v) is 8.00. The minimum absolute atomic E-state index is 0.0348. The van der Waals surface area contributed by atoms with E-state index < -0.39 is 6.04 Å². The molecule has 202 valence electrons. The van der Waals surface area contributed by atoms with Gasteiger partial charge in [0.1, 0.15) is 6.04 Å². The summed E-state index contributed by atoms with van der Waals surface area (Å²) >= 11 is 0.